The highest BCUT2D eigenvalue weighted by molar-refractivity contribution is 7.80. The van der Waals surface area contributed by atoms with Gasteiger partial charge in [-0.1, -0.05) is 42.5 Å². The molecule has 1 atom stereocenters. The molecule has 23 heavy (non-hydrogen) atoms. The molecule has 0 fully saturated rings. The lowest BCUT2D eigenvalue weighted by Gasteiger charge is -2.26. The Morgan fingerprint density at radius 3 is 2.43 bits per heavy atom. The van der Waals surface area contributed by atoms with Crippen LogP contribution in [0.5, 0.6) is 0 Å². The molecule has 0 radical (unpaired) electrons. The molecule has 2 rings (SSSR count). The lowest BCUT2D eigenvalue weighted by atomic mass is 10.1. The van der Waals surface area contributed by atoms with Crippen molar-refractivity contribution in [3.05, 3.63) is 65.2 Å². The molecule has 0 aromatic heterocycles. The minimum atomic E-state index is 0.273. The summed E-state index contributed by atoms with van der Waals surface area (Å²) in [6, 6.07) is 17.1. The molecule has 0 aliphatic rings. The molecule has 3 nitrogen and oxygen atoms in total. The molecule has 2 aromatic carbocycles. The van der Waals surface area contributed by atoms with Crippen molar-refractivity contribution in [3.8, 4) is 0 Å². The van der Waals surface area contributed by atoms with E-state index in [0.717, 1.165) is 12.2 Å². The van der Waals surface area contributed by atoms with Gasteiger partial charge in [0.2, 0.25) is 0 Å². The largest absolute Gasteiger partial charge is 0.361 e. The van der Waals surface area contributed by atoms with Crippen molar-refractivity contribution in [1.82, 2.24) is 10.2 Å². The first-order valence-corrected chi connectivity index (χ1v) is 8.21. The standard InChI is InChI=1S/C19H25N3S/c1-14-10-11-15(2)17(12-14)21-19(23)20-13-18(22(3)4)16-8-6-5-7-9-16/h5-12,18H,13H2,1-4H3,(H2,20,21,23)/t18-/m0/s1. The van der Waals surface area contributed by atoms with Crippen LogP contribution in [0.25, 0.3) is 0 Å². The Morgan fingerprint density at radius 1 is 1.09 bits per heavy atom. The quantitative estimate of drug-likeness (QED) is 0.815. The summed E-state index contributed by atoms with van der Waals surface area (Å²) < 4.78 is 0. The Balaban J connectivity index is 1.98. The fraction of sp³-hybridized carbons (Fsp3) is 0.316. The van der Waals surface area contributed by atoms with Gasteiger partial charge in [0.15, 0.2) is 5.11 Å². The lowest BCUT2D eigenvalue weighted by molar-refractivity contribution is 0.299. The first kappa shape index (κ1) is 17.4. The predicted octanol–water partition coefficient (Wildman–Crippen LogP) is 3.89. The number of benzene rings is 2. The number of hydrogen-bond acceptors (Lipinski definition) is 2. The second-order valence-corrected chi connectivity index (χ2v) is 6.45. The number of thiocarbonyl (C=S) groups is 1. The molecular weight excluding hydrogens is 302 g/mol. The molecule has 0 aliphatic heterocycles. The fourth-order valence-electron chi connectivity index (χ4n) is 2.50. The molecule has 2 aromatic rings. The van der Waals surface area contributed by atoms with Crippen LogP contribution in [0.3, 0.4) is 0 Å². The summed E-state index contributed by atoms with van der Waals surface area (Å²) in [6.45, 7) is 4.92. The second-order valence-electron chi connectivity index (χ2n) is 6.04. The minimum absolute atomic E-state index is 0.273. The third-order valence-electron chi connectivity index (χ3n) is 3.90. The average Bonchev–Trinajstić information content (AvgIpc) is 2.52. The van der Waals surface area contributed by atoms with Gasteiger partial charge in [0.05, 0.1) is 6.04 Å². The number of likely N-dealkylation sites (N-methyl/N-ethyl adjacent to an activating group) is 1. The van der Waals surface area contributed by atoms with Crippen LogP contribution in [0.4, 0.5) is 5.69 Å². The second kappa shape index (κ2) is 8.09. The van der Waals surface area contributed by atoms with Gasteiger partial charge in [-0.15, -0.1) is 0 Å². The smallest absolute Gasteiger partial charge is 0.170 e. The van der Waals surface area contributed by atoms with Gasteiger partial charge in [0, 0.05) is 12.2 Å². The van der Waals surface area contributed by atoms with Crippen LogP contribution in [0.2, 0.25) is 0 Å². The Bertz CT molecular complexity index is 653. The van der Waals surface area contributed by atoms with E-state index in [-0.39, 0.29) is 6.04 Å². The summed E-state index contributed by atoms with van der Waals surface area (Å²) in [5.41, 5.74) is 4.74. The van der Waals surface area contributed by atoms with E-state index < -0.39 is 0 Å². The van der Waals surface area contributed by atoms with Crippen molar-refractivity contribution < 1.29 is 0 Å². The van der Waals surface area contributed by atoms with E-state index in [1.54, 1.807) is 0 Å². The van der Waals surface area contributed by atoms with Crippen LogP contribution in [0.15, 0.2) is 48.5 Å². The molecular formula is C19H25N3S. The van der Waals surface area contributed by atoms with Crippen molar-refractivity contribution in [2.24, 2.45) is 0 Å². The fourth-order valence-corrected chi connectivity index (χ4v) is 2.69. The minimum Gasteiger partial charge on any atom is -0.361 e. The molecule has 0 saturated heterocycles. The molecule has 0 unspecified atom stereocenters. The van der Waals surface area contributed by atoms with Crippen molar-refractivity contribution >= 4 is 23.0 Å². The average molecular weight is 327 g/mol. The number of nitrogens with one attached hydrogen (secondary N) is 2. The van der Waals surface area contributed by atoms with Crippen LogP contribution in [-0.2, 0) is 0 Å². The SMILES string of the molecule is Cc1ccc(C)c(NC(=S)NC[C@@H](c2ccccc2)N(C)C)c1. The Kier molecular flexibility index (Phi) is 6.13. The van der Waals surface area contributed by atoms with Crippen LogP contribution < -0.4 is 10.6 Å². The zero-order valence-corrected chi connectivity index (χ0v) is 15.1. The third-order valence-corrected chi connectivity index (χ3v) is 4.15. The summed E-state index contributed by atoms with van der Waals surface area (Å²) in [6.07, 6.45) is 0. The lowest BCUT2D eigenvalue weighted by Crippen LogP contribution is -2.36. The third kappa shape index (κ3) is 5.05. The highest BCUT2D eigenvalue weighted by Crippen LogP contribution is 2.18. The van der Waals surface area contributed by atoms with Crippen molar-refractivity contribution in [2.45, 2.75) is 19.9 Å². The van der Waals surface area contributed by atoms with Crippen molar-refractivity contribution in [2.75, 3.05) is 26.0 Å². The zero-order valence-electron chi connectivity index (χ0n) is 14.3. The number of aryl methyl sites for hydroxylation is 2. The summed E-state index contributed by atoms with van der Waals surface area (Å²) in [7, 11) is 4.17. The molecule has 0 aliphatic carbocycles. The highest BCUT2D eigenvalue weighted by Gasteiger charge is 2.14. The van der Waals surface area contributed by atoms with E-state index in [0.29, 0.717) is 5.11 Å². The topological polar surface area (TPSA) is 27.3 Å². The maximum atomic E-state index is 5.45. The van der Waals surface area contributed by atoms with Gasteiger partial charge in [0.1, 0.15) is 0 Å². The number of hydrogen-bond donors (Lipinski definition) is 2. The molecule has 122 valence electrons. The van der Waals surface area contributed by atoms with Crippen molar-refractivity contribution in [3.63, 3.8) is 0 Å². The van der Waals surface area contributed by atoms with E-state index in [9.17, 15) is 0 Å². The van der Waals surface area contributed by atoms with Gasteiger partial charge in [0.25, 0.3) is 0 Å². The highest BCUT2D eigenvalue weighted by atomic mass is 32.1. The molecule has 0 bridgehead atoms. The van der Waals surface area contributed by atoms with Crippen LogP contribution in [-0.4, -0.2) is 30.7 Å². The number of anilines is 1. The van der Waals surface area contributed by atoms with Gasteiger partial charge >= 0.3 is 0 Å². The molecule has 0 spiro atoms. The van der Waals surface area contributed by atoms with E-state index in [2.05, 4.69) is 85.9 Å². The van der Waals surface area contributed by atoms with Gasteiger partial charge in [-0.25, -0.2) is 0 Å². The van der Waals surface area contributed by atoms with Gasteiger partial charge in [-0.05, 0) is 62.9 Å². The van der Waals surface area contributed by atoms with E-state index in [4.69, 9.17) is 12.2 Å². The summed E-state index contributed by atoms with van der Waals surface area (Å²) >= 11 is 5.45. The Morgan fingerprint density at radius 2 is 1.78 bits per heavy atom. The monoisotopic (exact) mass is 327 g/mol. The molecule has 4 heteroatoms. The van der Waals surface area contributed by atoms with Crippen LogP contribution in [0, 0.1) is 13.8 Å². The Hall–Kier alpha value is -1.91. The first-order valence-electron chi connectivity index (χ1n) is 7.81. The molecule has 0 amide bonds. The maximum Gasteiger partial charge on any atom is 0.170 e. The Labute approximate surface area is 144 Å². The summed E-state index contributed by atoms with van der Waals surface area (Å²) in [5, 5.41) is 7.29. The van der Waals surface area contributed by atoms with Gasteiger partial charge in [-0.3, -0.25) is 0 Å². The van der Waals surface area contributed by atoms with Crippen molar-refractivity contribution in [1.29, 1.82) is 0 Å². The molecule has 2 N–H and O–H groups in total. The maximum absolute atomic E-state index is 5.45. The van der Waals surface area contributed by atoms with Gasteiger partial charge in [-0.2, -0.15) is 0 Å². The number of nitrogens with zero attached hydrogens (tertiary/aromatic N) is 1. The van der Waals surface area contributed by atoms with Gasteiger partial charge < -0.3 is 15.5 Å². The summed E-state index contributed by atoms with van der Waals surface area (Å²) in [4.78, 5) is 2.20. The summed E-state index contributed by atoms with van der Waals surface area (Å²) in [5.74, 6) is 0. The molecule has 0 heterocycles. The zero-order chi connectivity index (χ0) is 16.8. The van der Waals surface area contributed by atoms with E-state index in [1.165, 1.54) is 16.7 Å². The first-order chi connectivity index (χ1) is 11.0. The van der Waals surface area contributed by atoms with Crippen LogP contribution in [0.1, 0.15) is 22.7 Å². The van der Waals surface area contributed by atoms with E-state index in [1.807, 2.05) is 6.07 Å². The predicted molar refractivity (Wildman–Crippen MR) is 103 cm³/mol. The van der Waals surface area contributed by atoms with E-state index >= 15 is 0 Å². The normalized spacial score (nSPS) is 12.0. The number of rotatable bonds is 5. The van der Waals surface area contributed by atoms with Crippen LogP contribution >= 0.6 is 12.2 Å². The molecule has 0 saturated carbocycles.